The SMILES string of the molecule is C[Si](C)(C)C([c-]1cccc1)[Si](C)(C)C.C[Si](C)(C)C([c-]1cccc1)[Si](C)(C)C.C[Si](C)(C)C([c-]1cccc1)[Si](C)(C)C.[Pr+3]. The van der Waals surface area contributed by atoms with Crippen molar-refractivity contribution in [3.05, 3.63) is 89.5 Å². The fraction of sp³-hybridized carbons (Fsp3) is 0.583. The molecule has 3 rings (SSSR count). The first kappa shape index (κ1) is 43.7. The predicted octanol–water partition coefficient (Wildman–Crippen LogP) is 12.7. The molecule has 0 nitrogen and oxygen atoms in total. The summed E-state index contributed by atoms with van der Waals surface area (Å²) in [6.45, 7) is 45.1. The molecule has 3 aromatic rings. The van der Waals surface area contributed by atoms with Crippen LogP contribution < -0.4 is 0 Å². The smallest absolute Gasteiger partial charge is 0.213 e. The summed E-state index contributed by atoms with van der Waals surface area (Å²) in [5, 5.41) is 2.68. The first-order valence-corrected chi connectivity index (χ1v) is 37.8. The standard InChI is InChI=1S/3C12H23Si2.Pr/c3*1-13(2,3)12(14(4,5)6)11-9-7-8-10-11;/h3*7-10,12H,1-6H3;/q3*-1;+3. The van der Waals surface area contributed by atoms with E-state index in [0.29, 0.717) is 0 Å². The molecule has 0 unspecified atom stereocenters. The minimum atomic E-state index is -1.06. The number of hydrogen-bond acceptors (Lipinski definition) is 0. The molecule has 0 spiro atoms. The molecule has 0 saturated heterocycles. The Labute approximate surface area is 309 Å². The second kappa shape index (κ2) is 16.7. The molecule has 0 heterocycles. The summed E-state index contributed by atoms with van der Waals surface area (Å²) >= 11 is 0. The second-order valence-electron chi connectivity index (χ2n) is 19.1. The average molecular weight is 811 g/mol. The van der Waals surface area contributed by atoms with Gasteiger partial charge in [0.15, 0.2) is 0 Å². The molecule has 0 amide bonds. The Balaban J connectivity index is 0.000000608. The van der Waals surface area contributed by atoms with Crippen LogP contribution in [0.25, 0.3) is 0 Å². The van der Waals surface area contributed by atoms with Gasteiger partial charge in [-0.15, -0.1) is 0 Å². The van der Waals surface area contributed by atoms with Crippen molar-refractivity contribution in [3.8, 4) is 0 Å². The molecule has 0 aromatic heterocycles. The van der Waals surface area contributed by atoms with E-state index in [9.17, 15) is 0 Å². The molecule has 0 saturated carbocycles. The summed E-state index contributed by atoms with van der Waals surface area (Å²) in [4.78, 5) is 0. The zero-order valence-corrected chi connectivity index (χ0v) is 41.4. The van der Waals surface area contributed by atoms with Gasteiger partial charge < -0.3 is 0 Å². The van der Waals surface area contributed by atoms with Crippen LogP contribution in [0.3, 0.4) is 0 Å². The van der Waals surface area contributed by atoms with Gasteiger partial charge in [0.05, 0.1) is 0 Å². The largest absolute Gasteiger partial charge is 3.00 e. The third kappa shape index (κ3) is 14.6. The van der Waals surface area contributed by atoms with Gasteiger partial charge in [-0.1, -0.05) is 133 Å². The molecule has 0 aliphatic rings. The van der Waals surface area contributed by atoms with Crippen LogP contribution in [0.15, 0.2) is 72.8 Å². The quantitative estimate of drug-likeness (QED) is 0.149. The van der Waals surface area contributed by atoms with E-state index >= 15 is 0 Å². The average Bonchev–Trinajstić information content (AvgIpc) is 3.46. The van der Waals surface area contributed by atoms with Crippen molar-refractivity contribution in [1.29, 1.82) is 0 Å². The Morgan fingerprint density at radius 1 is 0.279 bits per heavy atom. The van der Waals surface area contributed by atoms with Gasteiger partial charge in [0.1, 0.15) is 0 Å². The van der Waals surface area contributed by atoms with Gasteiger partial charge in [-0.25, -0.2) is 36.4 Å². The fourth-order valence-corrected chi connectivity index (χ4v) is 47.0. The van der Waals surface area contributed by atoms with Crippen LogP contribution in [0.2, 0.25) is 118 Å². The minimum Gasteiger partial charge on any atom is -0.213 e. The monoisotopic (exact) mass is 810 g/mol. The van der Waals surface area contributed by atoms with E-state index in [0.717, 1.165) is 15.5 Å². The first-order valence-electron chi connectivity index (χ1n) is 16.3. The van der Waals surface area contributed by atoms with E-state index in [-0.39, 0.29) is 41.3 Å². The summed E-state index contributed by atoms with van der Waals surface area (Å²) in [7, 11) is -6.39. The molecule has 3 aromatic carbocycles. The van der Waals surface area contributed by atoms with E-state index in [1.165, 1.54) is 0 Å². The molecule has 0 aliphatic carbocycles. The molecule has 43 heavy (non-hydrogen) atoms. The Bertz CT molecular complexity index is 930. The molecular weight excluding hydrogens is 742 g/mol. The van der Waals surface area contributed by atoms with E-state index in [4.69, 9.17) is 0 Å². The van der Waals surface area contributed by atoms with Crippen LogP contribution in [0, 0.1) is 41.3 Å². The molecule has 0 aliphatic heterocycles. The van der Waals surface area contributed by atoms with Gasteiger partial charge in [-0.05, 0) is 0 Å². The minimum absolute atomic E-state index is 0. The molecule has 0 fully saturated rings. The maximum atomic E-state index is 2.50. The van der Waals surface area contributed by atoms with Crippen molar-refractivity contribution in [3.63, 3.8) is 0 Å². The van der Waals surface area contributed by atoms with E-state index in [1.807, 2.05) is 0 Å². The van der Waals surface area contributed by atoms with Gasteiger partial charge >= 0.3 is 41.3 Å². The molecule has 0 N–H and O–H groups in total. The summed E-state index contributed by atoms with van der Waals surface area (Å²) < 4.78 is 0. The molecule has 240 valence electrons. The van der Waals surface area contributed by atoms with E-state index < -0.39 is 48.4 Å². The summed E-state index contributed by atoms with van der Waals surface area (Å²) in [5.74, 6) is 0. The maximum absolute atomic E-state index is 2.50. The van der Waals surface area contributed by atoms with Crippen LogP contribution in [-0.2, 0) is 0 Å². The fourth-order valence-electron chi connectivity index (χ4n) is 8.64. The van der Waals surface area contributed by atoms with E-state index in [2.05, 4.69) is 191 Å². The van der Waals surface area contributed by atoms with Gasteiger partial charge in [-0.3, -0.25) is 0 Å². The Hall–Kier alpha value is 0.715. The van der Waals surface area contributed by atoms with Crippen LogP contribution in [0.5, 0.6) is 0 Å². The molecule has 0 atom stereocenters. The van der Waals surface area contributed by atoms with Crippen LogP contribution in [0.4, 0.5) is 0 Å². The molecular formula is C36H69PrSi6. The molecule has 0 radical (unpaired) electrons. The number of hydrogen-bond donors (Lipinski definition) is 0. The Morgan fingerprint density at radius 2 is 0.395 bits per heavy atom. The van der Waals surface area contributed by atoms with Crippen molar-refractivity contribution in [2.75, 3.05) is 0 Å². The zero-order chi connectivity index (χ0) is 32.9. The van der Waals surface area contributed by atoms with Crippen LogP contribution >= 0.6 is 0 Å². The first-order chi connectivity index (χ1) is 18.7. The van der Waals surface area contributed by atoms with Crippen molar-refractivity contribution in [2.45, 2.75) is 133 Å². The van der Waals surface area contributed by atoms with Crippen LogP contribution in [0.1, 0.15) is 32.2 Å². The predicted molar refractivity (Wildman–Crippen MR) is 214 cm³/mol. The summed E-state index contributed by atoms with van der Waals surface area (Å²) in [6.07, 6.45) is 0. The van der Waals surface area contributed by atoms with E-state index in [1.54, 1.807) is 16.7 Å². The van der Waals surface area contributed by atoms with Crippen molar-refractivity contribution in [1.82, 2.24) is 0 Å². The zero-order valence-electron chi connectivity index (χ0n) is 31.7. The Kier molecular flexibility index (Phi) is 17.0. The normalized spacial score (nSPS) is 13.3. The third-order valence-electron chi connectivity index (χ3n) is 8.26. The van der Waals surface area contributed by atoms with Gasteiger partial charge in [-0.2, -0.15) is 53.1 Å². The Morgan fingerprint density at radius 3 is 0.488 bits per heavy atom. The number of rotatable bonds is 9. The molecule has 0 bridgehead atoms. The van der Waals surface area contributed by atoms with Crippen molar-refractivity contribution in [2.24, 2.45) is 0 Å². The summed E-state index contributed by atoms with van der Waals surface area (Å²) in [6, 6.07) is 27.0. The topological polar surface area (TPSA) is 0 Å². The van der Waals surface area contributed by atoms with Crippen molar-refractivity contribution >= 4 is 48.4 Å². The van der Waals surface area contributed by atoms with Gasteiger partial charge in [0, 0.05) is 48.4 Å². The maximum Gasteiger partial charge on any atom is 3.00 e. The second-order valence-corrected chi connectivity index (χ2v) is 52.7. The third-order valence-corrected chi connectivity index (χ3v) is 36.2. The van der Waals surface area contributed by atoms with Crippen LogP contribution in [-0.4, -0.2) is 48.4 Å². The van der Waals surface area contributed by atoms with Gasteiger partial charge in [0.25, 0.3) is 0 Å². The van der Waals surface area contributed by atoms with Gasteiger partial charge in [0.2, 0.25) is 0 Å². The summed E-state index contributed by atoms with van der Waals surface area (Å²) in [5.41, 5.74) is 4.80. The molecule has 7 heteroatoms. The van der Waals surface area contributed by atoms with Crippen molar-refractivity contribution < 1.29 is 41.3 Å².